The molecule has 0 radical (unpaired) electrons. The summed E-state index contributed by atoms with van der Waals surface area (Å²) in [5, 5.41) is 0.117. The first kappa shape index (κ1) is 12.2. The van der Waals surface area contributed by atoms with E-state index in [4.69, 9.17) is 11.6 Å². The van der Waals surface area contributed by atoms with E-state index in [1.54, 1.807) is 6.07 Å². The van der Waals surface area contributed by atoms with Gasteiger partial charge in [-0.1, -0.05) is 30.5 Å². The maximum atomic E-state index is 13.3. The summed E-state index contributed by atoms with van der Waals surface area (Å²) in [6, 6.07) is 4.65. The Morgan fingerprint density at radius 2 is 1.94 bits per heavy atom. The topological polar surface area (TPSA) is 17.1 Å². The summed E-state index contributed by atoms with van der Waals surface area (Å²) in [5.41, 5.74) is 0.741. The van der Waals surface area contributed by atoms with E-state index in [9.17, 15) is 9.18 Å². The van der Waals surface area contributed by atoms with E-state index in [2.05, 4.69) is 0 Å². The maximum Gasteiger partial charge on any atom is 0.142 e. The van der Waals surface area contributed by atoms with Crippen LogP contribution in [0.15, 0.2) is 18.2 Å². The van der Waals surface area contributed by atoms with Crippen molar-refractivity contribution in [2.75, 3.05) is 0 Å². The van der Waals surface area contributed by atoms with Crippen molar-refractivity contribution in [3.8, 4) is 0 Å². The van der Waals surface area contributed by atoms with Crippen LogP contribution in [0.3, 0.4) is 0 Å². The highest BCUT2D eigenvalue weighted by Crippen LogP contribution is 2.56. The lowest BCUT2D eigenvalue weighted by Gasteiger charge is -2.04. The highest BCUT2D eigenvalue weighted by molar-refractivity contribution is 6.30. The second-order valence-corrected chi connectivity index (χ2v) is 5.94. The molecule has 0 amide bonds. The lowest BCUT2D eigenvalue weighted by atomic mass is 10.0. The third kappa shape index (κ3) is 2.18. The number of carbonyl (C=O) groups is 1. The van der Waals surface area contributed by atoms with Crippen LogP contribution >= 0.6 is 11.6 Å². The van der Waals surface area contributed by atoms with Crippen LogP contribution in [0.5, 0.6) is 0 Å². The number of benzene rings is 1. The fourth-order valence-electron chi connectivity index (χ4n) is 3.44. The molecule has 18 heavy (non-hydrogen) atoms. The predicted octanol–water partition coefficient (Wildman–Crippen LogP) is 4.03. The van der Waals surface area contributed by atoms with Crippen molar-refractivity contribution in [2.45, 2.75) is 32.1 Å². The van der Waals surface area contributed by atoms with Gasteiger partial charge < -0.3 is 0 Å². The zero-order valence-electron chi connectivity index (χ0n) is 10.2. The van der Waals surface area contributed by atoms with Crippen molar-refractivity contribution in [3.63, 3.8) is 0 Å². The Bertz CT molecular complexity index is 473. The molecule has 0 bridgehead atoms. The van der Waals surface area contributed by atoms with Gasteiger partial charge in [-0.2, -0.15) is 0 Å². The number of carbonyl (C=O) groups excluding carboxylic acids is 1. The highest BCUT2D eigenvalue weighted by Gasteiger charge is 2.53. The molecule has 1 aromatic rings. The third-order valence-electron chi connectivity index (χ3n) is 4.39. The van der Waals surface area contributed by atoms with E-state index in [0.29, 0.717) is 18.3 Å². The molecule has 0 aromatic heterocycles. The summed E-state index contributed by atoms with van der Waals surface area (Å²) >= 11 is 5.63. The summed E-state index contributed by atoms with van der Waals surface area (Å²) in [7, 11) is 0. The summed E-state index contributed by atoms with van der Waals surface area (Å²) in [4.78, 5) is 12.2. The smallest absolute Gasteiger partial charge is 0.142 e. The van der Waals surface area contributed by atoms with Gasteiger partial charge in [0.05, 0.1) is 5.02 Å². The van der Waals surface area contributed by atoms with Gasteiger partial charge in [0.25, 0.3) is 0 Å². The van der Waals surface area contributed by atoms with Gasteiger partial charge >= 0.3 is 0 Å². The van der Waals surface area contributed by atoms with Crippen LogP contribution in [-0.4, -0.2) is 5.78 Å². The van der Waals surface area contributed by atoms with Crippen LogP contribution < -0.4 is 0 Å². The van der Waals surface area contributed by atoms with Crippen LogP contribution in [0, 0.1) is 23.6 Å². The summed E-state index contributed by atoms with van der Waals surface area (Å²) in [6.45, 7) is 0. The van der Waals surface area contributed by atoms with Crippen LogP contribution in [-0.2, 0) is 11.2 Å². The van der Waals surface area contributed by atoms with Crippen molar-refractivity contribution in [2.24, 2.45) is 17.8 Å². The van der Waals surface area contributed by atoms with Gasteiger partial charge in [-0.25, -0.2) is 4.39 Å². The number of Topliss-reactive ketones (excluding diaryl/α,β-unsaturated/α-hetero) is 1. The van der Waals surface area contributed by atoms with Crippen LogP contribution in [0.2, 0.25) is 5.02 Å². The molecule has 2 aliphatic rings. The summed E-state index contributed by atoms with van der Waals surface area (Å²) < 4.78 is 13.3. The molecule has 0 N–H and O–H groups in total. The van der Waals surface area contributed by atoms with Gasteiger partial charge in [-0.05, 0) is 42.4 Å². The molecule has 96 valence electrons. The fourth-order valence-corrected chi connectivity index (χ4v) is 3.56. The number of hydrogen-bond acceptors (Lipinski definition) is 1. The Labute approximate surface area is 111 Å². The van der Waals surface area contributed by atoms with Crippen LogP contribution in [0.4, 0.5) is 4.39 Å². The SMILES string of the molecule is O=C(Cc1ccc(Cl)c(F)c1)C1C2CCCCC21. The molecule has 2 unspecified atom stereocenters. The van der Waals surface area contributed by atoms with Gasteiger partial charge in [0.1, 0.15) is 11.6 Å². The number of rotatable bonds is 3. The summed E-state index contributed by atoms with van der Waals surface area (Å²) in [6.07, 6.45) is 5.29. The Morgan fingerprint density at radius 3 is 2.56 bits per heavy atom. The Balaban J connectivity index is 1.66. The largest absolute Gasteiger partial charge is 0.299 e. The van der Waals surface area contributed by atoms with E-state index in [-0.39, 0.29) is 16.7 Å². The molecular weight excluding hydrogens is 251 g/mol. The van der Waals surface area contributed by atoms with E-state index >= 15 is 0 Å². The van der Waals surface area contributed by atoms with Gasteiger partial charge in [0.15, 0.2) is 0 Å². The maximum absolute atomic E-state index is 13.3. The zero-order chi connectivity index (χ0) is 12.7. The minimum Gasteiger partial charge on any atom is -0.299 e. The highest BCUT2D eigenvalue weighted by atomic mass is 35.5. The van der Waals surface area contributed by atoms with Crippen molar-refractivity contribution < 1.29 is 9.18 Å². The molecule has 1 nitrogen and oxygen atoms in total. The number of hydrogen-bond donors (Lipinski definition) is 0. The Morgan fingerprint density at radius 1 is 1.28 bits per heavy atom. The molecule has 0 aliphatic heterocycles. The molecule has 2 fully saturated rings. The molecule has 0 heterocycles. The fraction of sp³-hybridized carbons (Fsp3) is 0.533. The quantitative estimate of drug-likeness (QED) is 0.807. The van der Waals surface area contributed by atoms with Gasteiger partial charge in [0.2, 0.25) is 0 Å². The number of fused-ring (bicyclic) bond motifs is 1. The number of ketones is 1. The van der Waals surface area contributed by atoms with E-state index in [1.807, 2.05) is 0 Å². The molecule has 1 aromatic carbocycles. The monoisotopic (exact) mass is 266 g/mol. The Hall–Kier alpha value is -0.890. The van der Waals surface area contributed by atoms with E-state index < -0.39 is 5.82 Å². The number of halogens is 2. The normalized spacial score (nSPS) is 29.8. The minimum absolute atomic E-state index is 0.117. The van der Waals surface area contributed by atoms with E-state index in [1.165, 1.54) is 37.8 Å². The van der Waals surface area contributed by atoms with Crippen molar-refractivity contribution in [3.05, 3.63) is 34.6 Å². The molecule has 3 heteroatoms. The first-order chi connectivity index (χ1) is 8.66. The average molecular weight is 267 g/mol. The molecule has 0 spiro atoms. The molecule has 2 atom stereocenters. The first-order valence-corrected chi connectivity index (χ1v) is 7.01. The van der Waals surface area contributed by atoms with Crippen molar-refractivity contribution in [1.82, 2.24) is 0 Å². The zero-order valence-corrected chi connectivity index (χ0v) is 10.9. The van der Waals surface area contributed by atoms with Gasteiger partial charge in [-0.3, -0.25) is 4.79 Å². The molecule has 3 rings (SSSR count). The van der Waals surface area contributed by atoms with E-state index in [0.717, 1.165) is 5.56 Å². The van der Waals surface area contributed by atoms with Crippen LogP contribution in [0.1, 0.15) is 31.2 Å². The third-order valence-corrected chi connectivity index (χ3v) is 4.70. The molecule has 2 aliphatic carbocycles. The van der Waals surface area contributed by atoms with Crippen molar-refractivity contribution in [1.29, 1.82) is 0 Å². The first-order valence-electron chi connectivity index (χ1n) is 6.63. The van der Waals surface area contributed by atoms with Crippen LogP contribution in [0.25, 0.3) is 0 Å². The second-order valence-electron chi connectivity index (χ2n) is 5.53. The lowest BCUT2D eigenvalue weighted by Crippen LogP contribution is -2.07. The predicted molar refractivity (Wildman–Crippen MR) is 69.1 cm³/mol. The standard InChI is InChI=1S/C15H16ClFO/c16-12-6-5-9(7-13(12)17)8-14(18)15-10-3-1-2-4-11(10)15/h5-7,10-11,15H,1-4,8H2. The average Bonchev–Trinajstić information content (AvgIpc) is 3.08. The Kier molecular flexibility index (Phi) is 3.14. The molecular formula is C15H16ClFO. The van der Waals surface area contributed by atoms with Gasteiger partial charge in [-0.15, -0.1) is 0 Å². The van der Waals surface area contributed by atoms with Gasteiger partial charge in [0, 0.05) is 12.3 Å². The van der Waals surface area contributed by atoms with Crippen molar-refractivity contribution >= 4 is 17.4 Å². The summed E-state index contributed by atoms with van der Waals surface area (Å²) in [5.74, 6) is 1.36. The molecule has 2 saturated carbocycles. The lowest BCUT2D eigenvalue weighted by molar-refractivity contribution is -0.120. The molecule has 0 saturated heterocycles. The second kappa shape index (κ2) is 4.65. The minimum atomic E-state index is -0.435.